The van der Waals surface area contributed by atoms with E-state index in [9.17, 15) is 4.79 Å². The summed E-state index contributed by atoms with van der Waals surface area (Å²) >= 11 is 6.00. The van der Waals surface area contributed by atoms with Gasteiger partial charge in [-0.05, 0) is 31.5 Å². The van der Waals surface area contributed by atoms with Crippen LogP contribution in [-0.2, 0) is 10.2 Å². The SMILES string of the molecule is C#CC(C)(C)c1ccc(C(=O)OC)c(Cl)c1. The number of terminal acetylenes is 1. The van der Waals surface area contributed by atoms with Gasteiger partial charge in [-0.15, -0.1) is 6.42 Å². The Morgan fingerprint density at radius 1 is 1.50 bits per heavy atom. The van der Waals surface area contributed by atoms with E-state index in [0.717, 1.165) is 5.56 Å². The fourth-order valence-electron chi connectivity index (χ4n) is 1.26. The van der Waals surface area contributed by atoms with Crippen molar-refractivity contribution >= 4 is 17.6 Å². The van der Waals surface area contributed by atoms with Crippen molar-refractivity contribution in [3.05, 3.63) is 34.3 Å². The first kappa shape index (κ1) is 12.6. The molecule has 0 fully saturated rings. The zero-order valence-corrected chi connectivity index (χ0v) is 10.3. The Bertz CT molecular complexity index is 455. The summed E-state index contributed by atoms with van der Waals surface area (Å²) in [5.41, 5.74) is 0.839. The second-order valence-electron chi connectivity index (χ2n) is 3.96. The van der Waals surface area contributed by atoms with Gasteiger partial charge in [0.05, 0.1) is 23.1 Å². The summed E-state index contributed by atoms with van der Waals surface area (Å²) in [5, 5.41) is 0.354. The third-order valence-electron chi connectivity index (χ3n) is 2.46. The zero-order valence-electron chi connectivity index (χ0n) is 9.50. The first-order chi connectivity index (χ1) is 7.42. The smallest absolute Gasteiger partial charge is 0.339 e. The van der Waals surface area contributed by atoms with Crippen LogP contribution in [0.15, 0.2) is 18.2 Å². The summed E-state index contributed by atoms with van der Waals surface area (Å²) < 4.78 is 4.61. The minimum Gasteiger partial charge on any atom is -0.465 e. The van der Waals surface area contributed by atoms with Crippen molar-refractivity contribution in [3.8, 4) is 12.3 Å². The number of halogens is 1. The molecule has 0 unspecified atom stereocenters. The van der Waals surface area contributed by atoms with E-state index in [1.165, 1.54) is 7.11 Å². The molecule has 0 radical (unpaired) electrons. The van der Waals surface area contributed by atoms with E-state index in [0.29, 0.717) is 10.6 Å². The summed E-state index contributed by atoms with van der Waals surface area (Å²) in [5.74, 6) is 2.22. The molecule has 0 N–H and O–H groups in total. The van der Waals surface area contributed by atoms with Gasteiger partial charge in [0.1, 0.15) is 0 Å². The van der Waals surface area contributed by atoms with Crippen LogP contribution in [0.4, 0.5) is 0 Å². The van der Waals surface area contributed by atoms with E-state index >= 15 is 0 Å². The number of hydrogen-bond donors (Lipinski definition) is 0. The predicted molar refractivity (Wildman–Crippen MR) is 64.7 cm³/mol. The molecule has 1 aromatic rings. The summed E-state index contributed by atoms with van der Waals surface area (Å²) in [6.07, 6.45) is 5.43. The van der Waals surface area contributed by atoms with E-state index < -0.39 is 11.4 Å². The Kier molecular flexibility index (Phi) is 3.62. The van der Waals surface area contributed by atoms with Crippen molar-refractivity contribution in [1.82, 2.24) is 0 Å². The third-order valence-corrected chi connectivity index (χ3v) is 2.77. The highest BCUT2D eigenvalue weighted by Gasteiger charge is 2.19. The van der Waals surface area contributed by atoms with Gasteiger partial charge in [0.2, 0.25) is 0 Å². The van der Waals surface area contributed by atoms with Crippen molar-refractivity contribution in [1.29, 1.82) is 0 Å². The highest BCUT2D eigenvalue weighted by atomic mass is 35.5. The Morgan fingerprint density at radius 3 is 2.56 bits per heavy atom. The van der Waals surface area contributed by atoms with Crippen LogP contribution in [0.3, 0.4) is 0 Å². The maximum atomic E-state index is 11.3. The fourth-order valence-corrected chi connectivity index (χ4v) is 1.52. The molecule has 0 aromatic heterocycles. The van der Waals surface area contributed by atoms with Crippen LogP contribution < -0.4 is 0 Å². The lowest BCUT2D eigenvalue weighted by atomic mass is 9.85. The van der Waals surface area contributed by atoms with Gasteiger partial charge < -0.3 is 4.74 Å². The van der Waals surface area contributed by atoms with Crippen LogP contribution in [-0.4, -0.2) is 13.1 Å². The molecule has 0 aliphatic rings. The van der Waals surface area contributed by atoms with Gasteiger partial charge in [0.25, 0.3) is 0 Å². The third kappa shape index (κ3) is 2.37. The van der Waals surface area contributed by atoms with Crippen molar-refractivity contribution in [3.63, 3.8) is 0 Å². The molecule has 0 saturated carbocycles. The molecule has 0 atom stereocenters. The molecule has 84 valence electrons. The quantitative estimate of drug-likeness (QED) is 0.583. The molecule has 0 aliphatic carbocycles. The van der Waals surface area contributed by atoms with Crippen molar-refractivity contribution in [2.24, 2.45) is 0 Å². The first-order valence-corrected chi connectivity index (χ1v) is 5.16. The lowest BCUT2D eigenvalue weighted by molar-refractivity contribution is 0.0601. The van der Waals surface area contributed by atoms with Gasteiger partial charge in [-0.1, -0.05) is 23.6 Å². The Hall–Kier alpha value is -1.46. The topological polar surface area (TPSA) is 26.3 Å². The lowest BCUT2D eigenvalue weighted by Crippen LogP contribution is -2.14. The van der Waals surface area contributed by atoms with Crippen LogP contribution in [0, 0.1) is 12.3 Å². The number of carbonyl (C=O) groups is 1. The van der Waals surface area contributed by atoms with Crippen LogP contribution in [0.5, 0.6) is 0 Å². The van der Waals surface area contributed by atoms with Crippen LogP contribution in [0.2, 0.25) is 5.02 Å². The molecule has 1 aromatic carbocycles. The van der Waals surface area contributed by atoms with Gasteiger partial charge in [-0.25, -0.2) is 4.79 Å². The molecule has 16 heavy (non-hydrogen) atoms. The van der Waals surface area contributed by atoms with E-state index in [-0.39, 0.29) is 0 Å². The average molecular weight is 237 g/mol. The molecular formula is C13H13ClO2. The van der Waals surface area contributed by atoms with Gasteiger partial charge in [0, 0.05) is 0 Å². The van der Waals surface area contributed by atoms with Gasteiger partial charge >= 0.3 is 5.97 Å². The highest BCUT2D eigenvalue weighted by molar-refractivity contribution is 6.33. The second-order valence-corrected chi connectivity index (χ2v) is 4.36. The number of rotatable bonds is 2. The van der Waals surface area contributed by atoms with Gasteiger partial charge in [-0.2, -0.15) is 0 Å². The number of hydrogen-bond acceptors (Lipinski definition) is 2. The number of esters is 1. The lowest BCUT2D eigenvalue weighted by Gasteiger charge is -2.18. The van der Waals surface area contributed by atoms with Gasteiger partial charge in [0.15, 0.2) is 0 Å². The molecule has 0 bridgehead atoms. The van der Waals surface area contributed by atoms with Crippen molar-refractivity contribution < 1.29 is 9.53 Å². The fraction of sp³-hybridized carbons (Fsp3) is 0.308. The Morgan fingerprint density at radius 2 is 2.12 bits per heavy atom. The summed E-state index contributed by atoms with van der Waals surface area (Å²) in [4.78, 5) is 11.3. The van der Waals surface area contributed by atoms with Crippen LogP contribution in [0.1, 0.15) is 29.8 Å². The van der Waals surface area contributed by atoms with Crippen LogP contribution >= 0.6 is 11.6 Å². The average Bonchev–Trinajstić information content (AvgIpc) is 2.28. The Labute approximate surface area is 101 Å². The van der Waals surface area contributed by atoms with Crippen LogP contribution in [0.25, 0.3) is 0 Å². The van der Waals surface area contributed by atoms with Gasteiger partial charge in [-0.3, -0.25) is 0 Å². The molecular weight excluding hydrogens is 224 g/mol. The molecule has 0 heterocycles. The minimum atomic E-state index is -0.449. The molecule has 0 saturated heterocycles. The molecule has 2 nitrogen and oxygen atoms in total. The molecule has 1 rings (SSSR count). The normalized spacial score (nSPS) is 10.7. The monoisotopic (exact) mass is 236 g/mol. The van der Waals surface area contributed by atoms with Crippen molar-refractivity contribution in [2.45, 2.75) is 19.3 Å². The van der Waals surface area contributed by atoms with E-state index in [1.54, 1.807) is 18.2 Å². The zero-order chi connectivity index (χ0) is 12.3. The molecule has 0 aliphatic heterocycles. The van der Waals surface area contributed by atoms with Crippen molar-refractivity contribution in [2.75, 3.05) is 7.11 Å². The van der Waals surface area contributed by atoms with E-state index in [2.05, 4.69) is 10.7 Å². The maximum Gasteiger partial charge on any atom is 0.339 e. The van der Waals surface area contributed by atoms with E-state index in [4.69, 9.17) is 18.0 Å². The molecule has 0 spiro atoms. The summed E-state index contributed by atoms with van der Waals surface area (Å²) in [6, 6.07) is 5.12. The number of ether oxygens (including phenoxy) is 1. The standard InChI is InChI=1S/C13H13ClO2/c1-5-13(2,3)9-6-7-10(11(14)8-9)12(15)16-4/h1,6-8H,2-4H3. The molecule has 3 heteroatoms. The highest BCUT2D eigenvalue weighted by Crippen LogP contribution is 2.27. The predicted octanol–water partition coefficient (Wildman–Crippen LogP) is 3.04. The minimum absolute atomic E-state index is 0.348. The summed E-state index contributed by atoms with van der Waals surface area (Å²) in [7, 11) is 1.32. The number of benzene rings is 1. The Balaban J connectivity index is 3.20. The second kappa shape index (κ2) is 4.59. The number of carbonyl (C=O) groups excluding carboxylic acids is 1. The molecule has 0 amide bonds. The largest absolute Gasteiger partial charge is 0.465 e. The van der Waals surface area contributed by atoms with E-state index in [1.807, 2.05) is 13.8 Å². The summed E-state index contributed by atoms with van der Waals surface area (Å²) in [6.45, 7) is 3.83. The first-order valence-electron chi connectivity index (χ1n) is 4.78. The maximum absolute atomic E-state index is 11.3. The number of methoxy groups -OCH3 is 1.